The van der Waals surface area contributed by atoms with Gasteiger partial charge in [-0.1, -0.05) is 19.3 Å². The largest absolute Gasteiger partial charge is 0.355 e. The van der Waals surface area contributed by atoms with E-state index in [0.29, 0.717) is 19.4 Å². The van der Waals surface area contributed by atoms with Gasteiger partial charge in [0.1, 0.15) is 0 Å². The van der Waals surface area contributed by atoms with Crippen LogP contribution in [0.4, 0.5) is 0 Å². The summed E-state index contributed by atoms with van der Waals surface area (Å²) in [5.41, 5.74) is 0.895. The molecule has 1 aliphatic heterocycles. The molecule has 1 aromatic heterocycles. The lowest BCUT2D eigenvalue weighted by atomic mass is 9.89. The summed E-state index contributed by atoms with van der Waals surface area (Å²) in [4.78, 5) is 38.5. The third kappa shape index (κ3) is 4.72. The summed E-state index contributed by atoms with van der Waals surface area (Å²) in [5.74, 6) is 0.132. The van der Waals surface area contributed by atoms with Crippen LogP contribution in [0.25, 0.3) is 0 Å². The molecule has 2 heterocycles. The Kier molecular flexibility index (Phi) is 6.70. The fraction of sp³-hybridized carbons (Fsp3) is 0.700. The molecule has 1 aliphatic carbocycles. The van der Waals surface area contributed by atoms with Gasteiger partial charge in [-0.15, -0.1) is 0 Å². The standard InChI is InChI=1S/C20H31N5O3/c1-24-18(27)9-8-15(19(24)16-10-13-22-25(16)2)23-17(26)11-12-21-20(28)14-6-4-3-5-7-14/h10,13-15,19H,3-9,11-12H2,1-2H3,(H,21,28)(H,23,26)/t15-,19-/m1/s1. The van der Waals surface area contributed by atoms with Crippen molar-refractivity contribution >= 4 is 17.7 Å². The van der Waals surface area contributed by atoms with E-state index in [0.717, 1.165) is 31.4 Å². The molecule has 2 N–H and O–H groups in total. The van der Waals surface area contributed by atoms with Gasteiger partial charge in [0.05, 0.1) is 17.8 Å². The summed E-state index contributed by atoms with van der Waals surface area (Å²) in [6.07, 6.45) is 8.28. The van der Waals surface area contributed by atoms with Gasteiger partial charge >= 0.3 is 0 Å². The Morgan fingerprint density at radius 3 is 2.61 bits per heavy atom. The summed E-state index contributed by atoms with van der Waals surface area (Å²) >= 11 is 0. The Bertz CT molecular complexity index is 710. The second kappa shape index (κ2) is 9.21. The van der Waals surface area contributed by atoms with Gasteiger partial charge in [-0.05, 0) is 25.3 Å². The lowest BCUT2D eigenvalue weighted by Gasteiger charge is -2.39. The predicted octanol–water partition coefficient (Wildman–Crippen LogP) is 1.28. The third-order valence-corrected chi connectivity index (χ3v) is 6.00. The summed E-state index contributed by atoms with van der Waals surface area (Å²) in [7, 11) is 3.60. The Hall–Kier alpha value is -2.38. The number of nitrogens with zero attached hydrogens (tertiary/aromatic N) is 3. The lowest BCUT2D eigenvalue weighted by Crippen LogP contribution is -2.51. The molecule has 3 rings (SSSR count). The summed E-state index contributed by atoms with van der Waals surface area (Å²) in [5, 5.41) is 10.2. The highest BCUT2D eigenvalue weighted by Gasteiger charge is 2.37. The number of hydrogen-bond acceptors (Lipinski definition) is 4. The van der Waals surface area contributed by atoms with Crippen molar-refractivity contribution in [2.45, 2.75) is 63.5 Å². The zero-order valence-corrected chi connectivity index (χ0v) is 16.8. The van der Waals surface area contributed by atoms with Gasteiger partial charge in [0.15, 0.2) is 0 Å². The van der Waals surface area contributed by atoms with Crippen molar-refractivity contribution in [3.63, 3.8) is 0 Å². The van der Waals surface area contributed by atoms with Crippen LogP contribution in [-0.4, -0.2) is 52.0 Å². The van der Waals surface area contributed by atoms with E-state index < -0.39 is 0 Å². The van der Waals surface area contributed by atoms with Crippen LogP contribution < -0.4 is 10.6 Å². The molecule has 0 bridgehead atoms. The second-order valence-corrected chi connectivity index (χ2v) is 7.92. The predicted molar refractivity (Wildman–Crippen MR) is 104 cm³/mol. The fourth-order valence-corrected chi connectivity index (χ4v) is 4.36. The van der Waals surface area contributed by atoms with E-state index in [9.17, 15) is 14.4 Å². The first-order valence-corrected chi connectivity index (χ1v) is 10.3. The Morgan fingerprint density at radius 2 is 1.93 bits per heavy atom. The molecule has 3 amide bonds. The number of carbonyl (C=O) groups excluding carboxylic acids is 3. The minimum absolute atomic E-state index is 0.0662. The van der Waals surface area contributed by atoms with Crippen molar-refractivity contribution in [3.8, 4) is 0 Å². The number of carbonyl (C=O) groups is 3. The summed E-state index contributed by atoms with van der Waals surface area (Å²) in [6, 6.07) is 1.47. The number of aryl methyl sites for hydroxylation is 1. The zero-order valence-electron chi connectivity index (χ0n) is 16.8. The van der Waals surface area contributed by atoms with E-state index in [1.54, 1.807) is 22.8 Å². The number of likely N-dealkylation sites (tertiary alicyclic amines) is 1. The molecule has 2 fully saturated rings. The number of hydrogen-bond donors (Lipinski definition) is 2. The minimum atomic E-state index is -0.241. The van der Waals surface area contributed by atoms with Crippen LogP contribution in [0.3, 0.4) is 0 Å². The first-order valence-electron chi connectivity index (χ1n) is 10.3. The van der Waals surface area contributed by atoms with Crippen molar-refractivity contribution in [2.75, 3.05) is 13.6 Å². The average Bonchev–Trinajstić information content (AvgIpc) is 3.11. The quantitative estimate of drug-likeness (QED) is 0.766. The summed E-state index contributed by atoms with van der Waals surface area (Å²) < 4.78 is 1.74. The van der Waals surface area contributed by atoms with E-state index in [4.69, 9.17) is 0 Å². The number of amides is 3. The van der Waals surface area contributed by atoms with Gasteiger partial charge in [0, 0.05) is 45.6 Å². The van der Waals surface area contributed by atoms with Crippen molar-refractivity contribution in [2.24, 2.45) is 13.0 Å². The molecule has 2 aliphatic rings. The first kappa shape index (κ1) is 20.4. The Balaban J connectivity index is 1.52. The van der Waals surface area contributed by atoms with Crippen LogP contribution in [0, 0.1) is 5.92 Å². The molecule has 0 spiro atoms. The van der Waals surface area contributed by atoms with E-state index in [-0.39, 0.29) is 42.1 Å². The fourth-order valence-electron chi connectivity index (χ4n) is 4.36. The molecule has 2 atom stereocenters. The van der Waals surface area contributed by atoms with Crippen LogP contribution in [0.15, 0.2) is 12.3 Å². The number of rotatable bonds is 6. The molecule has 28 heavy (non-hydrogen) atoms. The molecular formula is C20H31N5O3. The monoisotopic (exact) mass is 389 g/mol. The maximum absolute atomic E-state index is 12.5. The van der Waals surface area contributed by atoms with Crippen molar-refractivity contribution < 1.29 is 14.4 Å². The maximum Gasteiger partial charge on any atom is 0.223 e. The highest BCUT2D eigenvalue weighted by atomic mass is 16.2. The second-order valence-electron chi connectivity index (χ2n) is 7.92. The van der Waals surface area contributed by atoms with Gasteiger partial charge in [0.2, 0.25) is 17.7 Å². The van der Waals surface area contributed by atoms with Crippen molar-refractivity contribution in [1.82, 2.24) is 25.3 Å². The molecular weight excluding hydrogens is 358 g/mol. The molecule has 1 saturated carbocycles. The van der Waals surface area contributed by atoms with Crippen molar-refractivity contribution in [1.29, 1.82) is 0 Å². The van der Waals surface area contributed by atoms with E-state index in [1.807, 2.05) is 13.1 Å². The van der Waals surface area contributed by atoms with Crippen LogP contribution in [0.5, 0.6) is 0 Å². The molecule has 1 saturated heterocycles. The van der Waals surface area contributed by atoms with Crippen LogP contribution in [-0.2, 0) is 21.4 Å². The highest BCUT2D eigenvalue weighted by molar-refractivity contribution is 5.81. The van der Waals surface area contributed by atoms with Gasteiger partial charge < -0.3 is 15.5 Å². The average molecular weight is 390 g/mol. The number of nitrogens with one attached hydrogen (secondary N) is 2. The lowest BCUT2D eigenvalue weighted by molar-refractivity contribution is -0.137. The van der Waals surface area contributed by atoms with Crippen LogP contribution in [0.2, 0.25) is 0 Å². The Labute approximate surface area is 166 Å². The molecule has 0 aromatic carbocycles. The minimum Gasteiger partial charge on any atom is -0.355 e. The first-order chi connectivity index (χ1) is 13.5. The topological polar surface area (TPSA) is 96.3 Å². The SMILES string of the molecule is CN1C(=O)CC[C@@H](NC(=O)CCNC(=O)C2CCCCC2)[C@@H]1c1ccnn1C. The molecule has 0 radical (unpaired) electrons. The molecule has 1 aromatic rings. The Morgan fingerprint density at radius 1 is 1.18 bits per heavy atom. The zero-order chi connectivity index (χ0) is 20.1. The van der Waals surface area contributed by atoms with Gasteiger partial charge in [-0.2, -0.15) is 5.10 Å². The highest BCUT2D eigenvalue weighted by Crippen LogP contribution is 2.30. The number of likely N-dealkylation sites (N-methyl/N-ethyl adjacent to an activating group) is 1. The molecule has 8 heteroatoms. The molecule has 8 nitrogen and oxygen atoms in total. The number of aromatic nitrogens is 2. The molecule has 154 valence electrons. The third-order valence-electron chi connectivity index (χ3n) is 6.00. The normalized spacial score (nSPS) is 23.5. The van der Waals surface area contributed by atoms with Gasteiger partial charge in [-0.25, -0.2) is 0 Å². The maximum atomic E-state index is 12.5. The van der Waals surface area contributed by atoms with Gasteiger partial charge in [-0.3, -0.25) is 19.1 Å². The van der Waals surface area contributed by atoms with E-state index in [1.165, 1.54) is 6.42 Å². The number of piperidine rings is 1. The van der Waals surface area contributed by atoms with E-state index >= 15 is 0 Å². The van der Waals surface area contributed by atoms with E-state index in [2.05, 4.69) is 15.7 Å². The van der Waals surface area contributed by atoms with Crippen LogP contribution >= 0.6 is 0 Å². The van der Waals surface area contributed by atoms with Crippen LogP contribution in [0.1, 0.15) is 63.1 Å². The van der Waals surface area contributed by atoms with Gasteiger partial charge in [0.25, 0.3) is 0 Å². The molecule has 0 unspecified atom stereocenters. The summed E-state index contributed by atoms with van der Waals surface area (Å²) in [6.45, 7) is 0.346. The van der Waals surface area contributed by atoms with Crippen molar-refractivity contribution in [3.05, 3.63) is 18.0 Å². The smallest absolute Gasteiger partial charge is 0.223 e.